The molecule has 5 nitrogen and oxygen atoms in total. The molecule has 0 fully saturated rings. The maximum atomic E-state index is 12.8. The lowest BCUT2D eigenvalue weighted by atomic mass is 10.1. The minimum absolute atomic E-state index is 0.106. The predicted octanol–water partition coefficient (Wildman–Crippen LogP) is 5.87. The predicted molar refractivity (Wildman–Crippen MR) is 116 cm³/mol. The number of H-pyrrole nitrogens is 1. The van der Waals surface area contributed by atoms with Crippen molar-refractivity contribution < 1.29 is 27.8 Å². The first-order chi connectivity index (χ1) is 15.2. The lowest BCUT2D eigenvalue weighted by Gasteiger charge is -2.08. The van der Waals surface area contributed by atoms with Crippen molar-refractivity contribution in [3.8, 4) is 16.3 Å². The van der Waals surface area contributed by atoms with Crippen LogP contribution >= 0.6 is 11.3 Å². The van der Waals surface area contributed by atoms with E-state index in [2.05, 4.69) is 9.97 Å². The number of carboxylic acids is 1. The Bertz CT molecular complexity index is 1260. The van der Waals surface area contributed by atoms with Crippen molar-refractivity contribution in [2.45, 2.75) is 25.9 Å². The SMILES string of the molecule is Cc1nc(-c2ccc(C(F)(F)F)cc2)sc1CCOc1cccc2[nH]cc(CC(=O)O)c12. The molecule has 166 valence electrons. The fourth-order valence-corrected chi connectivity index (χ4v) is 4.53. The molecule has 9 heteroatoms. The van der Waals surface area contributed by atoms with Gasteiger partial charge in [0, 0.05) is 34.0 Å². The molecule has 2 aromatic heterocycles. The highest BCUT2D eigenvalue weighted by Crippen LogP contribution is 2.34. The molecule has 0 aliphatic heterocycles. The Morgan fingerprint density at radius 2 is 1.94 bits per heavy atom. The second-order valence-electron chi connectivity index (χ2n) is 7.26. The maximum absolute atomic E-state index is 12.8. The van der Waals surface area contributed by atoms with Crippen LogP contribution in [0.1, 0.15) is 21.7 Å². The summed E-state index contributed by atoms with van der Waals surface area (Å²) in [7, 11) is 0. The van der Waals surface area contributed by atoms with Gasteiger partial charge in [0.1, 0.15) is 10.8 Å². The molecule has 0 radical (unpaired) electrons. The maximum Gasteiger partial charge on any atom is 0.416 e. The summed E-state index contributed by atoms with van der Waals surface area (Å²) in [6.45, 7) is 2.21. The van der Waals surface area contributed by atoms with Crippen molar-refractivity contribution in [2.75, 3.05) is 6.61 Å². The Balaban J connectivity index is 1.47. The van der Waals surface area contributed by atoms with Crippen LogP contribution < -0.4 is 4.74 Å². The molecule has 4 rings (SSSR count). The van der Waals surface area contributed by atoms with Gasteiger partial charge in [-0.2, -0.15) is 13.2 Å². The van der Waals surface area contributed by atoms with Crippen molar-refractivity contribution >= 4 is 28.2 Å². The molecule has 0 bridgehead atoms. The Labute approximate surface area is 185 Å². The van der Waals surface area contributed by atoms with Gasteiger partial charge in [-0.05, 0) is 36.8 Å². The van der Waals surface area contributed by atoms with E-state index in [1.54, 1.807) is 12.3 Å². The zero-order chi connectivity index (χ0) is 22.9. The Morgan fingerprint density at radius 1 is 1.19 bits per heavy atom. The average Bonchev–Trinajstić information content (AvgIpc) is 3.31. The van der Waals surface area contributed by atoms with E-state index in [9.17, 15) is 18.0 Å². The zero-order valence-corrected chi connectivity index (χ0v) is 17.8. The highest BCUT2D eigenvalue weighted by molar-refractivity contribution is 7.15. The van der Waals surface area contributed by atoms with E-state index in [4.69, 9.17) is 9.84 Å². The van der Waals surface area contributed by atoms with E-state index in [0.717, 1.165) is 33.6 Å². The lowest BCUT2D eigenvalue weighted by molar-refractivity contribution is -0.138. The number of benzene rings is 2. The summed E-state index contributed by atoms with van der Waals surface area (Å²) >= 11 is 1.42. The molecular weight excluding hydrogens is 441 g/mol. The van der Waals surface area contributed by atoms with E-state index in [1.807, 2.05) is 19.1 Å². The number of aryl methyl sites for hydroxylation is 1. The minimum Gasteiger partial charge on any atom is -0.492 e. The molecule has 0 unspecified atom stereocenters. The van der Waals surface area contributed by atoms with Gasteiger partial charge < -0.3 is 14.8 Å². The van der Waals surface area contributed by atoms with E-state index in [1.165, 1.54) is 23.5 Å². The fourth-order valence-electron chi connectivity index (χ4n) is 3.48. The number of nitrogens with one attached hydrogen (secondary N) is 1. The number of hydrogen-bond donors (Lipinski definition) is 2. The van der Waals surface area contributed by atoms with Crippen LogP contribution in [0.4, 0.5) is 13.2 Å². The van der Waals surface area contributed by atoms with Gasteiger partial charge >= 0.3 is 12.1 Å². The number of rotatable bonds is 7. The van der Waals surface area contributed by atoms with E-state index >= 15 is 0 Å². The van der Waals surface area contributed by atoms with Crippen LogP contribution in [-0.2, 0) is 23.8 Å². The Morgan fingerprint density at radius 3 is 2.62 bits per heavy atom. The normalized spacial score (nSPS) is 11.8. The highest BCUT2D eigenvalue weighted by Gasteiger charge is 2.30. The summed E-state index contributed by atoms with van der Waals surface area (Å²) in [6, 6.07) is 10.5. The van der Waals surface area contributed by atoms with E-state index in [-0.39, 0.29) is 6.42 Å². The largest absolute Gasteiger partial charge is 0.492 e. The van der Waals surface area contributed by atoms with Crippen molar-refractivity contribution in [3.63, 3.8) is 0 Å². The first kappa shape index (κ1) is 21.9. The zero-order valence-electron chi connectivity index (χ0n) is 17.0. The highest BCUT2D eigenvalue weighted by atomic mass is 32.1. The number of alkyl halides is 3. The molecule has 2 heterocycles. The smallest absolute Gasteiger partial charge is 0.416 e. The summed E-state index contributed by atoms with van der Waals surface area (Å²) in [5.74, 6) is -0.318. The fraction of sp³-hybridized carbons (Fsp3) is 0.217. The van der Waals surface area contributed by atoms with Crippen LogP contribution in [0.5, 0.6) is 5.75 Å². The van der Waals surface area contributed by atoms with Crippen molar-refractivity contribution in [1.82, 2.24) is 9.97 Å². The number of nitrogens with zero attached hydrogens (tertiary/aromatic N) is 1. The van der Waals surface area contributed by atoms with Crippen LogP contribution in [0.2, 0.25) is 0 Å². The summed E-state index contributed by atoms with van der Waals surface area (Å²) in [5, 5.41) is 10.5. The third kappa shape index (κ3) is 4.62. The average molecular weight is 460 g/mol. The first-order valence-electron chi connectivity index (χ1n) is 9.80. The molecule has 0 spiro atoms. The van der Waals surface area contributed by atoms with E-state index in [0.29, 0.717) is 34.9 Å². The first-order valence-corrected chi connectivity index (χ1v) is 10.6. The van der Waals surface area contributed by atoms with Gasteiger partial charge in [-0.1, -0.05) is 18.2 Å². The molecule has 0 amide bonds. The quantitative estimate of drug-likeness (QED) is 0.362. The van der Waals surface area contributed by atoms with E-state index < -0.39 is 17.7 Å². The molecule has 0 saturated carbocycles. The van der Waals surface area contributed by atoms with Crippen LogP contribution in [-0.4, -0.2) is 27.7 Å². The van der Waals surface area contributed by atoms with Gasteiger partial charge in [0.25, 0.3) is 0 Å². The molecule has 0 atom stereocenters. The van der Waals surface area contributed by atoms with Gasteiger partial charge in [0.05, 0.1) is 24.3 Å². The summed E-state index contributed by atoms with van der Waals surface area (Å²) in [6.07, 6.45) is -2.23. The van der Waals surface area contributed by atoms with Crippen LogP contribution in [0.25, 0.3) is 21.5 Å². The number of carboxylic acid groups (broad SMARTS) is 1. The molecule has 0 aliphatic rings. The molecular formula is C23H19F3N2O3S. The second kappa shape index (κ2) is 8.66. The van der Waals surface area contributed by atoms with Crippen LogP contribution in [0.15, 0.2) is 48.7 Å². The number of aromatic amines is 1. The van der Waals surface area contributed by atoms with Gasteiger partial charge in [-0.25, -0.2) is 4.98 Å². The number of hydrogen-bond acceptors (Lipinski definition) is 4. The molecule has 32 heavy (non-hydrogen) atoms. The number of aliphatic carboxylic acids is 1. The van der Waals surface area contributed by atoms with Gasteiger partial charge in [0.2, 0.25) is 0 Å². The summed E-state index contributed by atoms with van der Waals surface area (Å²) in [5.41, 5.74) is 2.21. The minimum atomic E-state index is -4.37. The number of thiazole rings is 1. The number of aromatic nitrogens is 2. The third-order valence-electron chi connectivity index (χ3n) is 5.03. The number of halogens is 3. The molecule has 0 saturated heterocycles. The molecule has 2 aromatic carbocycles. The van der Waals surface area contributed by atoms with Crippen LogP contribution in [0.3, 0.4) is 0 Å². The van der Waals surface area contributed by atoms with Gasteiger partial charge in [0.15, 0.2) is 0 Å². The summed E-state index contributed by atoms with van der Waals surface area (Å²) < 4.78 is 44.3. The number of carbonyl (C=O) groups is 1. The van der Waals surface area contributed by atoms with Gasteiger partial charge in [-0.15, -0.1) is 11.3 Å². The second-order valence-corrected chi connectivity index (χ2v) is 8.35. The molecule has 4 aromatic rings. The van der Waals surface area contributed by atoms with Crippen molar-refractivity contribution in [3.05, 3.63) is 70.4 Å². The number of fused-ring (bicyclic) bond motifs is 1. The lowest BCUT2D eigenvalue weighted by Crippen LogP contribution is -2.03. The number of ether oxygens (including phenoxy) is 1. The monoisotopic (exact) mass is 460 g/mol. The third-order valence-corrected chi connectivity index (χ3v) is 6.30. The van der Waals surface area contributed by atoms with Crippen molar-refractivity contribution in [1.29, 1.82) is 0 Å². The Hall–Kier alpha value is -3.33. The topological polar surface area (TPSA) is 75.2 Å². The Kier molecular flexibility index (Phi) is 5.92. The summed E-state index contributed by atoms with van der Waals surface area (Å²) in [4.78, 5) is 19.7. The van der Waals surface area contributed by atoms with Crippen LogP contribution in [0, 0.1) is 6.92 Å². The molecule has 0 aliphatic carbocycles. The van der Waals surface area contributed by atoms with Gasteiger partial charge in [-0.3, -0.25) is 4.79 Å². The standard InChI is InChI=1S/C23H19F3N2O3S/c1-13-19(32-22(28-13)14-5-7-16(8-6-14)23(24,25)26)9-10-31-18-4-2-3-17-21(18)15(12-27-17)11-20(29)30/h2-8,12,27H,9-11H2,1H3,(H,29,30). The molecule has 2 N–H and O–H groups in total. The van der Waals surface area contributed by atoms with Crippen molar-refractivity contribution in [2.24, 2.45) is 0 Å².